The molecule has 0 spiro atoms. The summed E-state index contributed by atoms with van der Waals surface area (Å²) in [5.74, 6) is 0. The van der Waals surface area contributed by atoms with E-state index < -0.39 is 41.9 Å². The first kappa shape index (κ1) is 36.1. The predicted octanol–water partition coefficient (Wildman–Crippen LogP) is -1.85. The normalized spacial score (nSPS) is 13.8. The van der Waals surface area contributed by atoms with Crippen molar-refractivity contribution in [2.24, 2.45) is 0 Å². The molecule has 0 saturated carbocycles. The van der Waals surface area contributed by atoms with Crippen LogP contribution in [-0.2, 0) is 10.4 Å². The molecule has 0 amide bonds. The van der Waals surface area contributed by atoms with E-state index in [1.54, 1.807) is 0 Å². The monoisotopic (exact) mass is 442 g/mol. The van der Waals surface area contributed by atoms with Gasteiger partial charge in [0.25, 0.3) is 0 Å². The van der Waals surface area contributed by atoms with Crippen molar-refractivity contribution in [3.63, 3.8) is 0 Å². The Labute approximate surface area is 192 Å². The summed E-state index contributed by atoms with van der Waals surface area (Å²) in [5.41, 5.74) is 0. The number of aliphatic hydroxyl groups is 5. The Hall–Kier alpha value is 0.670. The second-order valence-electron chi connectivity index (χ2n) is 6.12. The van der Waals surface area contributed by atoms with Crippen LogP contribution in [-0.4, -0.2) is 74.6 Å². The van der Waals surface area contributed by atoms with Crippen molar-refractivity contribution < 1.29 is 72.6 Å². The van der Waals surface area contributed by atoms with Gasteiger partial charge in [0, 0.05) is 0 Å². The molecule has 2 unspecified atom stereocenters. The second kappa shape index (κ2) is 25.7. The van der Waals surface area contributed by atoms with Gasteiger partial charge in [0.05, 0.1) is 13.2 Å². The molecule has 28 heavy (non-hydrogen) atoms. The molecule has 0 saturated heterocycles. The van der Waals surface area contributed by atoms with E-state index in [4.69, 9.17) is 43.1 Å². The van der Waals surface area contributed by atoms with Gasteiger partial charge in [-0.2, -0.15) is 14.8 Å². The van der Waals surface area contributed by atoms with Gasteiger partial charge in [0.15, 0.2) is 0 Å². The molecule has 0 rings (SSSR count). The molecule has 0 aliphatic rings. The molecule has 9 nitrogen and oxygen atoms in total. The average Bonchev–Trinajstić information content (AvgIpc) is 2.61. The van der Waals surface area contributed by atoms with E-state index in [1.807, 2.05) is 0 Å². The zero-order chi connectivity index (χ0) is 21.7. The van der Waals surface area contributed by atoms with Crippen molar-refractivity contribution >= 4 is 10.4 Å². The third kappa shape index (κ3) is 37.4. The largest absolute Gasteiger partial charge is 1.00 e. The van der Waals surface area contributed by atoms with Crippen molar-refractivity contribution in [3.8, 4) is 0 Å². The molecule has 168 valence electrons. The third-order valence-electron chi connectivity index (χ3n) is 3.52. The van der Waals surface area contributed by atoms with Gasteiger partial charge in [-0.25, -0.2) is 0 Å². The molecule has 7 N–H and O–H groups in total. The molecule has 2 atom stereocenters. The minimum absolute atomic E-state index is 0. The maximum atomic E-state index is 8.77. The zero-order valence-corrected chi connectivity index (χ0v) is 20.1. The Morgan fingerprint density at radius 1 is 0.750 bits per heavy atom. The van der Waals surface area contributed by atoms with Crippen LogP contribution in [0.25, 0.3) is 0 Å². The quantitative estimate of drug-likeness (QED) is 0.0746. The number of hydrogen-bond donors (Lipinski definition) is 7. The van der Waals surface area contributed by atoms with Crippen LogP contribution in [0.2, 0.25) is 0 Å². The van der Waals surface area contributed by atoms with Crippen LogP contribution in [0.1, 0.15) is 71.1 Å². The van der Waals surface area contributed by atoms with E-state index in [0.29, 0.717) is 0 Å². The SMILES string of the molecule is O=S(=O)(O)O.OCC(O)C(O)C(O)CO.[CH2-]CCCCCCCCCCC.[Na+]. The summed E-state index contributed by atoms with van der Waals surface area (Å²) in [4.78, 5) is 0. The number of rotatable bonds is 13. The summed E-state index contributed by atoms with van der Waals surface area (Å²) in [6.07, 6.45) is 9.59. The van der Waals surface area contributed by atoms with Gasteiger partial charge in [0.1, 0.15) is 18.3 Å². The first-order chi connectivity index (χ1) is 12.5. The van der Waals surface area contributed by atoms with E-state index in [1.165, 1.54) is 57.8 Å². The zero-order valence-electron chi connectivity index (χ0n) is 17.3. The fourth-order valence-electron chi connectivity index (χ4n) is 1.96. The van der Waals surface area contributed by atoms with Crippen LogP contribution in [0.4, 0.5) is 0 Å². The maximum absolute atomic E-state index is 8.77. The molecule has 0 aliphatic carbocycles. The van der Waals surface area contributed by atoms with Crippen LogP contribution in [0.15, 0.2) is 0 Å². The summed E-state index contributed by atoms with van der Waals surface area (Å²) < 4.78 is 31.6. The molecule has 0 heterocycles. The van der Waals surface area contributed by atoms with E-state index >= 15 is 0 Å². The standard InChI is InChI=1S/C12H25.C5H12O5.Na.H2O4S/c1-3-5-7-9-11-12-10-8-6-4-2;6-1-3(8)5(10)4(9)2-7;;1-5(2,3)4/h1,3-12H2,2H3;3-10H,1-2H2;;(H2,1,2,3,4)/q-1;;+1;. The minimum Gasteiger partial charge on any atom is -0.394 e. The molecule has 0 aromatic carbocycles. The van der Waals surface area contributed by atoms with Crippen LogP contribution in [0.5, 0.6) is 0 Å². The smallest absolute Gasteiger partial charge is 0.394 e. The fraction of sp³-hybridized carbons (Fsp3) is 0.941. The summed E-state index contributed by atoms with van der Waals surface area (Å²) in [5, 5.41) is 42.6. The van der Waals surface area contributed by atoms with Gasteiger partial charge in [-0.05, 0) is 0 Å². The molecule has 0 aromatic heterocycles. The Kier molecular flexibility index (Phi) is 33.1. The van der Waals surface area contributed by atoms with Crippen molar-refractivity contribution in [2.75, 3.05) is 13.2 Å². The van der Waals surface area contributed by atoms with Gasteiger partial charge in [-0.1, -0.05) is 64.7 Å². The number of aliphatic hydroxyl groups excluding tert-OH is 5. The molecular formula is C17H39NaO9S. The summed E-state index contributed by atoms with van der Waals surface area (Å²) in [6.45, 7) is 4.83. The van der Waals surface area contributed by atoms with Crippen LogP contribution in [0.3, 0.4) is 0 Å². The number of unbranched alkanes of at least 4 members (excludes halogenated alkanes) is 9. The molecule has 0 aliphatic heterocycles. The third-order valence-corrected chi connectivity index (χ3v) is 3.52. The van der Waals surface area contributed by atoms with Crippen molar-refractivity contribution in [1.82, 2.24) is 0 Å². The van der Waals surface area contributed by atoms with E-state index in [-0.39, 0.29) is 29.6 Å². The van der Waals surface area contributed by atoms with E-state index in [2.05, 4.69) is 13.8 Å². The molecule has 0 fully saturated rings. The summed E-state index contributed by atoms with van der Waals surface area (Å²) in [7, 11) is -4.67. The number of hydrogen-bond acceptors (Lipinski definition) is 7. The first-order valence-corrected chi connectivity index (χ1v) is 10.7. The van der Waals surface area contributed by atoms with Crippen molar-refractivity contribution in [2.45, 2.75) is 89.4 Å². The van der Waals surface area contributed by atoms with Gasteiger partial charge in [0.2, 0.25) is 0 Å². The van der Waals surface area contributed by atoms with Gasteiger partial charge in [-0.15, -0.1) is 0 Å². The van der Waals surface area contributed by atoms with Crippen LogP contribution in [0, 0.1) is 6.92 Å². The van der Waals surface area contributed by atoms with E-state index in [9.17, 15) is 0 Å². The molecule has 0 radical (unpaired) electrons. The average molecular weight is 443 g/mol. The molecular weight excluding hydrogens is 403 g/mol. The Morgan fingerprint density at radius 3 is 1.29 bits per heavy atom. The Bertz CT molecular complexity index is 355. The van der Waals surface area contributed by atoms with Crippen molar-refractivity contribution in [3.05, 3.63) is 6.92 Å². The molecule has 0 aromatic rings. The minimum atomic E-state index is -4.67. The molecule has 0 bridgehead atoms. The Morgan fingerprint density at radius 2 is 1.04 bits per heavy atom. The van der Waals surface area contributed by atoms with E-state index in [0.717, 1.165) is 6.42 Å². The maximum Gasteiger partial charge on any atom is 1.00 e. The van der Waals surface area contributed by atoms with Gasteiger partial charge >= 0.3 is 40.0 Å². The summed E-state index contributed by atoms with van der Waals surface area (Å²) in [6, 6.07) is 0. The molecule has 11 heteroatoms. The fourth-order valence-corrected chi connectivity index (χ4v) is 1.96. The van der Waals surface area contributed by atoms with Crippen LogP contribution >= 0.6 is 0 Å². The first-order valence-electron chi connectivity index (χ1n) is 9.30. The second-order valence-corrected chi connectivity index (χ2v) is 7.02. The van der Waals surface area contributed by atoms with Crippen molar-refractivity contribution in [1.29, 1.82) is 0 Å². The topological polar surface area (TPSA) is 176 Å². The van der Waals surface area contributed by atoms with Crippen LogP contribution < -0.4 is 29.6 Å². The predicted molar refractivity (Wildman–Crippen MR) is 104 cm³/mol. The Balaban J connectivity index is -0.000000163. The van der Waals surface area contributed by atoms with Gasteiger partial charge < -0.3 is 32.5 Å². The summed E-state index contributed by atoms with van der Waals surface area (Å²) >= 11 is 0. The van der Waals surface area contributed by atoms with Gasteiger partial charge in [-0.3, -0.25) is 9.11 Å².